The van der Waals surface area contributed by atoms with Gasteiger partial charge in [0.15, 0.2) is 0 Å². The number of amides is 1. The Balaban J connectivity index is 1.82. The van der Waals surface area contributed by atoms with E-state index in [9.17, 15) is 9.90 Å². The topological polar surface area (TPSA) is 66.3 Å². The molecule has 2 aliphatic rings. The summed E-state index contributed by atoms with van der Waals surface area (Å²) in [4.78, 5) is 23.1. The van der Waals surface area contributed by atoms with Crippen LogP contribution in [0.3, 0.4) is 0 Å². The van der Waals surface area contributed by atoms with E-state index in [0.717, 1.165) is 50.8 Å². The molecule has 2 heterocycles. The lowest BCUT2D eigenvalue weighted by atomic mass is 9.72. The molecule has 1 aliphatic heterocycles. The molecule has 1 saturated heterocycles. The highest BCUT2D eigenvalue weighted by molar-refractivity contribution is 5.90. The molecule has 0 radical (unpaired) electrons. The maximum absolute atomic E-state index is 12.8. The van der Waals surface area contributed by atoms with E-state index in [1.165, 1.54) is 0 Å². The number of aromatic nitrogens is 2. The predicted molar refractivity (Wildman–Crippen MR) is 83.4 cm³/mol. The molecule has 0 bridgehead atoms. The van der Waals surface area contributed by atoms with Gasteiger partial charge in [-0.25, -0.2) is 9.97 Å². The van der Waals surface area contributed by atoms with Crippen LogP contribution in [0.15, 0.2) is 12.3 Å². The van der Waals surface area contributed by atoms with Crippen molar-refractivity contribution in [2.24, 2.45) is 5.92 Å². The van der Waals surface area contributed by atoms with E-state index >= 15 is 0 Å². The van der Waals surface area contributed by atoms with E-state index in [1.807, 2.05) is 18.7 Å². The molecular formula is C17H25N3O2. The normalized spacial score (nSPS) is 32.2. The van der Waals surface area contributed by atoms with Gasteiger partial charge in [0.05, 0.1) is 5.60 Å². The Hall–Kier alpha value is -1.49. The van der Waals surface area contributed by atoms with E-state index in [1.54, 1.807) is 12.3 Å². The maximum Gasteiger partial charge on any atom is 0.291 e. The van der Waals surface area contributed by atoms with Crippen molar-refractivity contribution < 1.29 is 9.90 Å². The second kappa shape index (κ2) is 5.95. The molecule has 5 nitrogen and oxygen atoms in total. The van der Waals surface area contributed by atoms with Gasteiger partial charge in [0.25, 0.3) is 5.91 Å². The highest BCUT2D eigenvalue weighted by Crippen LogP contribution is 2.40. The smallest absolute Gasteiger partial charge is 0.291 e. The van der Waals surface area contributed by atoms with Gasteiger partial charge in [0.1, 0.15) is 0 Å². The van der Waals surface area contributed by atoms with E-state index in [2.05, 4.69) is 9.97 Å². The molecule has 3 rings (SSSR count). The second-order valence-electron chi connectivity index (χ2n) is 6.94. The summed E-state index contributed by atoms with van der Waals surface area (Å²) < 4.78 is 0. The zero-order valence-corrected chi connectivity index (χ0v) is 13.5. The number of hydrogen-bond donors (Lipinski definition) is 1. The number of carbonyl (C=O) groups is 1. The SMILES string of the molecule is Cc1ccnc(C(=O)N2CCCC2C2CCCCC2(C)O)n1. The summed E-state index contributed by atoms with van der Waals surface area (Å²) in [6.07, 6.45) is 7.64. The third kappa shape index (κ3) is 2.86. The fourth-order valence-electron chi connectivity index (χ4n) is 4.09. The van der Waals surface area contributed by atoms with Gasteiger partial charge in [0.2, 0.25) is 5.82 Å². The second-order valence-corrected chi connectivity index (χ2v) is 6.94. The van der Waals surface area contributed by atoms with Crippen molar-refractivity contribution in [2.75, 3.05) is 6.54 Å². The summed E-state index contributed by atoms with van der Waals surface area (Å²) >= 11 is 0. The average molecular weight is 303 g/mol. The Labute approximate surface area is 131 Å². The minimum atomic E-state index is -0.667. The van der Waals surface area contributed by atoms with E-state index in [-0.39, 0.29) is 23.7 Å². The van der Waals surface area contributed by atoms with Crippen LogP contribution in [0.4, 0.5) is 0 Å². The number of rotatable bonds is 2. The summed E-state index contributed by atoms with van der Waals surface area (Å²) in [5.74, 6) is 0.354. The molecule has 1 saturated carbocycles. The molecule has 5 heteroatoms. The van der Waals surface area contributed by atoms with Crippen molar-refractivity contribution in [3.05, 3.63) is 23.8 Å². The van der Waals surface area contributed by atoms with Gasteiger partial charge in [0, 0.05) is 30.4 Å². The van der Waals surface area contributed by atoms with Crippen molar-refractivity contribution in [1.82, 2.24) is 14.9 Å². The molecule has 120 valence electrons. The van der Waals surface area contributed by atoms with Crippen molar-refractivity contribution in [2.45, 2.75) is 64.0 Å². The molecular weight excluding hydrogens is 278 g/mol. The Bertz CT molecular complexity index is 559. The third-order valence-electron chi connectivity index (χ3n) is 5.26. The van der Waals surface area contributed by atoms with Crippen molar-refractivity contribution in [3.8, 4) is 0 Å². The Kier molecular flexibility index (Phi) is 4.17. The van der Waals surface area contributed by atoms with Crippen LogP contribution in [0.25, 0.3) is 0 Å². The van der Waals surface area contributed by atoms with Crippen LogP contribution in [0.1, 0.15) is 61.8 Å². The van der Waals surface area contributed by atoms with Crippen LogP contribution in [-0.2, 0) is 0 Å². The van der Waals surface area contributed by atoms with Gasteiger partial charge < -0.3 is 10.0 Å². The molecule has 3 atom stereocenters. The van der Waals surface area contributed by atoms with Gasteiger partial charge >= 0.3 is 0 Å². The highest BCUT2D eigenvalue weighted by Gasteiger charge is 2.45. The van der Waals surface area contributed by atoms with Gasteiger partial charge in [-0.3, -0.25) is 4.79 Å². The first kappa shape index (κ1) is 15.4. The van der Waals surface area contributed by atoms with Gasteiger partial charge in [-0.05, 0) is 45.6 Å². The molecule has 1 aliphatic carbocycles. The summed E-state index contributed by atoms with van der Waals surface area (Å²) in [6.45, 7) is 4.54. The number of likely N-dealkylation sites (tertiary alicyclic amines) is 1. The van der Waals surface area contributed by atoms with E-state index in [0.29, 0.717) is 0 Å². The first-order chi connectivity index (χ1) is 10.5. The Morgan fingerprint density at radius 1 is 1.36 bits per heavy atom. The fraction of sp³-hybridized carbons (Fsp3) is 0.706. The monoisotopic (exact) mass is 303 g/mol. The molecule has 1 amide bonds. The van der Waals surface area contributed by atoms with Crippen LogP contribution in [0.5, 0.6) is 0 Å². The summed E-state index contributed by atoms with van der Waals surface area (Å²) in [5, 5.41) is 10.7. The van der Waals surface area contributed by atoms with Crippen molar-refractivity contribution in [1.29, 1.82) is 0 Å². The van der Waals surface area contributed by atoms with Crippen LogP contribution < -0.4 is 0 Å². The average Bonchev–Trinajstić information content (AvgIpc) is 2.95. The molecule has 1 aromatic heterocycles. The minimum absolute atomic E-state index is 0.0902. The van der Waals surface area contributed by atoms with Crippen molar-refractivity contribution in [3.63, 3.8) is 0 Å². The standard InChI is InChI=1S/C17H25N3O2/c1-12-8-10-18-15(19-12)16(21)20-11-5-7-14(20)13-6-3-4-9-17(13,2)22/h8,10,13-14,22H,3-7,9,11H2,1-2H3. The first-order valence-electron chi connectivity index (χ1n) is 8.32. The summed E-state index contributed by atoms with van der Waals surface area (Å²) in [5.41, 5.74) is 0.137. The van der Waals surface area contributed by atoms with Crippen LogP contribution in [-0.4, -0.2) is 44.1 Å². The number of carbonyl (C=O) groups excluding carboxylic acids is 1. The molecule has 22 heavy (non-hydrogen) atoms. The maximum atomic E-state index is 12.8. The lowest BCUT2D eigenvalue weighted by Crippen LogP contribution is -2.50. The van der Waals surface area contributed by atoms with E-state index in [4.69, 9.17) is 0 Å². The fourth-order valence-corrected chi connectivity index (χ4v) is 4.09. The molecule has 1 N–H and O–H groups in total. The molecule has 0 spiro atoms. The third-order valence-corrected chi connectivity index (χ3v) is 5.26. The predicted octanol–water partition coefficient (Wildman–Crippen LogP) is 2.33. The lowest BCUT2D eigenvalue weighted by Gasteiger charge is -2.43. The van der Waals surface area contributed by atoms with Gasteiger partial charge in [-0.2, -0.15) is 0 Å². The number of aliphatic hydroxyl groups is 1. The zero-order chi connectivity index (χ0) is 15.7. The highest BCUT2D eigenvalue weighted by atomic mass is 16.3. The minimum Gasteiger partial charge on any atom is -0.390 e. The molecule has 1 aromatic rings. The van der Waals surface area contributed by atoms with Crippen molar-refractivity contribution >= 4 is 5.91 Å². The largest absolute Gasteiger partial charge is 0.390 e. The number of hydrogen-bond acceptors (Lipinski definition) is 4. The lowest BCUT2D eigenvalue weighted by molar-refractivity contribution is -0.0579. The van der Waals surface area contributed by atoms with Crippen LogP contribution in [0.2, 0.25) is 0 Å². The molecule has 0 aromatic carbocycles. The first-order valence-corrected chi connectivity index (χ1v) is 8.32. The molecule has 2 fully saturated rings. The summed E-state index contributed by atoms with van der Waals surface area (Å²) in [6, 6.07) is 1.91. The van der Waals surface area contributed by atoms with Gasteiger partial charge in [-0.1, -0.05) is 12.8 Å². The molecule has 3 unspecified atom stereocenters. The van der Waals surface area contributed by atoms with Crippen LogP contribution >= 0.6 is 0 Å². The van der Waals surface area contributed by atoms with Crippen LogP contribution in [0, 0.1) is 12.8 Å². The quantitative estimate of drug-likeness (QED) is 0.910. The number of aryl methyl sites for hydroxylation is 1. The van der Waals surface area contributed by atoms with Gasteiger partial charge in [-0.15, -0.1) is 0 Å². The van der Waals surface area contributed by atoms with E-state index < -0.39 is 5.60 Å². The Morgan fingerprint density at radius 2 is 2.18 bits per heavy atom. The zero-order valence-electron chi connectivity index (χ0n) is 13.5. The summed E-state index contributed by atoms with van der Waals surface area (Å²) in [7, 11) is 0. The number of nitrogens with zero attached hydrogens (tertiary/aromatic N) is 3. The Morgan fingerprint density at radius 3 is 2.91 bits per heavy atom.